The van der Waals surface area contributed by atoms with Gasteiger partial charge in [-0.2, -0.15) is 0 Å². The Balaban J connectivity index is 2.24. The fourth-order valence-corrected chi connectivity index (χ4v) is 1.52. The molecule has 18 heavy (non-hydrogen) atoms. The second-order valence-electron chi connectivity index (χ2n) is 3.70. The maximum atomic E-state index is 10.9. The molecule has 2 rings (SSSR count). The molecule has 0 aromatic heterocycles. The van der Waals surface area contributed by atoms with Crippen molar-refractivity contribution in [2.45, 2.75) is 6.10 Å². The molecule has 0 amide bonds. The first kappa shape index (κ1) is 12.4. The van der Waals surface area contributed by atoms with Gasteiger partial charge in [-0.25, -0.2) is 0 Å². The van der Waals surface area contributed by atoms with Gasteiger partial charge in [-0.05, 0) is 0 Å². The average molecular weight is 256 g/mol. The van der Waals surface area contributed by atoms with Crippen molar-refractivity contribution in [1.82, 2.24) is 0 Å². The molecule has 1 atom stereocenters. The molecule has 1 aromatic carbocycles. The summed E-state index contributed by atoms with van der Waals surface area (Å²) in [5.41, 5.74) is 0.0288. The van der Waals surface area contributed by atoms with E-state index >= 15 is 0 Å². The van der Waals surface area contributed by atoms with E-state index in [2.05, 4.69) is 5.32 Å². The summed E-state index contributed by atoms with van der Waals surface area (Å²) in [5.74, 6) is 0.719. The Morgan fingerprint density at radius 1 is 1.44 bits per heavy atom. The number of rotatable bonds is 5. The number of nitrogens with one attached hydrogen (secondary N) is 1. The maximum Gasteiger partial charge on any atom is 0.296 e. The normalized spacial score (nSPS) is 14.3. The number of hydrogen-bond donors (Lipinski definition) is 3. The summed E-state index contributed by atoms with van der Waals surface area (Å²) < 4.78 is 10.2. The number of benzene rings is 1. The van der Waals surface area contributed by atoms with Crippen LogP contribution < -0.4 is 14.8 Å². The Morgan fingerprint density at radius 3 is 2.72 bits per heavy atom. The van der Waals surface area contributed by atoms with Crippen LogP contribution in [0.4, 0.5) is 11.4 Å². The molecular weight excluding hydrogens is 244 g/mol. The van der Waals surface area contributed by atoms with Gasteiger partial charge in [0.15, 0.2) is 11.5 Å². The lowest BCUT2D eigenvalue weighted by molar-refractivity contribution is -0.384. The molecule has 0 saturated heterocycles. The molecule has 0 saturated carbocycles. The van der Waals surface area contributed by atoms with Gasteiger partial charge in [0.05, 0.1) is 23.7 Å². The van der Waals surface area contributed by atoms with Crippen LogP contribution in [0.2, 0.25) is 0 Å². The Morgan fingerprint density at radius 2 is 2.11 bits per heavy atom. The Hall–Kier alpha value is -2.06. The topological polar surface area (TPSA) is 114 Å². The number of anilines is 1. The summed E-state index contributed by atoms with van der Waals surface area (Å²) in [7, 11) is 0. The molecule has 1 heterocycles. The van der Waals surface area contributed by atoms with Crippen molar-refractivity contribution in [3.63, 3.8) is 0 Å². The third kappa shape index (κ3) is 2.44. The molecule has 8 heteroatoms. The van der Waals surface area contributed by atoms with Crippen LogP contribution in [0.25, 0.3) is 0 Å². The minimum absolute atomic E-state index is 0.00299. The number of nitro groups is 1. The predicted molar refractivity (Wildman–Crippen MR) is 60.8 cm³/mol. The smallest absolute Gasteiger partial charge is 0.296 e. The van der Waals surface area contributed by atoms with Crippen LogP contribution in [0.5, 0.6) is 11.5 Å². The summed E-state index contributed by atoms with van der Waals surface area (Å²) in [5, 5.41) is 31.5. The van der Waals surface area contributed by atoms with Crippen molar-refractivity contribution in [1.29, 1.82) is 0 Å². The number of aliphatic hydroxyl groups excluding tert-OH is 2. The predicted octanol–water partition coefficient (Wildman–Crippen LogP) is 0.0886. The molecule has 0 aliphatic carbocycles. The number of nitro benzene ring substituents is 1. The van der Waals surface area contributed by atoms with Crippen LogP contribution in [0.1, 0.15) is 0 Å². The highest BCUT2D eigenvalue weighted by Gasteiger charge is 2.23. The maximum absolute atomic E-state index is 10.9. The molecule has 0 radical (unpaired) electrons. The van der Waals surface area contributed by atoms with Gasteiger partial charge in [0.2, 0.25) is 6.79 Å². The molecule has 3 N–H and O–H groups in total. The van der Waals surface area contributed by atoms with E-state index in [0.717, 1.165) is 0 Å². The van der Waals surface area contributed by atoms with Crippen LogP contribution in [-0.2, 0) is 0 Å². The SMILES string of the molecule is O=[N+]([O-])c1cc2c(cc1NCC(O)CO)OCO2. The van der Waals surface area contributed by atoms with Crippen molar-refractivity contribution in [2.24, 2.45) is 0 Å². The first-order valence-electron chi connectivity index (χ1n) is 5.22. The average Bonchev–Trinajstić information content (AvgIpc) is 2.81. The number of fused-ring (bicyclic) bond motifs is 1. The summed E-state index contributed by atoms with van der Waals surface area (Å²) in [4.78, 5) is 10.3. The van der Waals surface area contributed by atoms with Crippen molar-refractivity contribution >= 4 is 11.4 Å². The number of aliphatic hydroxyl groups is 2. The Kier molecular flexibility index (Phi) is 3.49. The van der Waals surface area contributed by atoms with E-state index in [1.165, 1.54) is 12.1 Å². The van der Waals surface area contributed by atoms with Crippen molar-refractivity contribution in [2.75, 3.05) is 25.3 Å². The third-order valence-corrected chi connectivity index (χ3v) is 2.43. The third-order valence-electron chi connectivity index (χ3n) is 2.43. The minimum Gasteiger partial charge on any atom is -0.454 e. The van der Waals surface area contributed by atoms with Crippen molar-refractivity contribution in [3.05, 3.63) is 22.2 Å². The highest BCUT2D eigenvalue weighted by atomic mass is 16.7. The first-order chi connectivity index (χ1) is 8.61. The van der Waals surface area contributed by atoms with Gasteiger partial charge < -0.3 is 25.0 Å². The zero-order chi connectivity index (χ0) is 13.1. The van der Waals surface area contributed by atoms with E-state index in [9.17, 15) is 15.2 Å². The summed E-state index contributed by atoms with van der Waals surface area (Å²) in [6.45, 7) is -0.405. The van der Waals surface area contributed by atoms with Crippen LogP contribution in [-0.4, -0.2) is 41.2 Å². The number of hydrogen-bond acceptors (Lipinski definition) is 7. The molecule has 0 bridgehead atoms. The second kappa shape index (κ2) is 5.07. The first-order valence-corrected chi connectivity index (χ1v) is 5.22. The highest BCUT2D eigenvalue weighted by Crippen LogP contribution is 2.40. The molecule has 0 fully saturated rings. The van der Waals surface area contributed by atoms with Gasteiger partial charge in [-0.15, -0.1) is 0 Å². The molecule has 1 aliphatic rings. The zero-order valence-electron chi connectivity index (χ0n) is 9.33. The fourth-order valence-electron chi connectivity index (χ4n) is 1.52. The summed E-state index contributed by atoms with van der Waals surface area (Å²) >= 11 is 0. The van der Waals surface area contributed by atoms with Crippen molar-refractivity contribution in [3.8, 4) is 11.5 Å². The molecule has 0 spiro atoms. The highest BCUT2D eigenvalue weighted by molar-refractivity contribution is 5.69. The second-order valence-corrected chi connectivity index (χ2v) is 3.70. The number of ether oxygens (including phenoxy) is 2. The van der Waals surface area contributed by atoms with Crippen LogP contribution in [0.3, 0.4) is 0 Å². The van der Waals surface area contributed by atoms with Gasteiger partial charge in [0.25, 0.3) is 5.69 Å². The van der Waals surface area contributed by atoms with Gasteiger partial charge in [0.1, 0.15) is 5.69 Å². The van der Waals surface area contributed by atoms with Gasteiger partial charge in [0, 0.05) is 12.6 Å². The van der Waals surface area contributed by atoms with E-state index in [1.807, 2.05) is 0 Å². The molecule has 1 aliphatic heterocycles. The Bertz CT molecular complexity index is 464. The van der Waals surface area contributed by atoms with Gasteiger partial charge in [-0.3, -0.25) is 10.1 Å². The standard InChI is InChI=1S/C10H12N2O6/c13-4-6(14)3-11-7-1-9-10(18-5-17-9)2-8(7)12(15)16/h1-2,6,11,13-14H,3-5H2. The Labute approximate surface area is 102 Å². The lowest BCUT2D eigenvalue weighted by Gasteiger charge is -2.11. The van der Waals surface area contributed by atoms with E-state index in [0.29, 0.717) is 11.5 Å². The van der Waals surface area contributed by atoms with E-state index < -0.39 is 17.6 Å². The van der Waals surface area contributed by atoms with Crippen LogP contribution >= 0.6 is 0 Å². The van der Waals surface area contributed by atoms with E-state index in [1.54, 1.807) is 0 Å². The minimum atomic E-state index is -0.991. The van der Waals surface area contributed by atoms with Gasteiger partial charge in [-0.1, -0.05) is 0 Å². The van der Waals surface area contributed by atoms with Crippen LogP contribution in [0, 0.1) is 10.1 Å². The summed E-state index contributed by atoms with van der Waals surface area (Å²) in [6, 6.07) is 2.69. The molecular formula is C10H12N2O6. The molecule has 8 nitrogen and oxygen atoms in total. The van der Waals surface area contributed by atoms with E-state index in [4.69, 9.17) is 14.6 Å². The van der Waals surface area contributed by atoms with E-state index in [-0.39, 0.29) is 24.7 Å². The zero-order valence-corrected chi connectivity index (χ0v) is 9.33. The van der Waals surface area contributed by atoms with Crippen molar-refractivity contribution < 1.29 is 24.6 Å². The fraction of sp³-hybridized carbons (Fsp3) is 0.400. The monoisotopic (exact) mass is 256 g/mol. The lowest BCUT2D eigenvalue weighted by Crippen LogP contribution is -2.23. The largest absolute Gasteiger partial charge is 0.454 e. The quantitative estimate of drug-likeness (QED) is 0.505. The molecule has 1 unspecified atom stereocenters. The van der Waals surface area contributed by atoms with Gasteiger partial charge >= 0.3 is 0 Å². The number of nitrogens with zero attached hydrogens (tertiary/aromatic N) is 1. The molecule has 98 valence electrons. The van der Waals surface area contributed by atoms with Crippen LogP contribution in [0.15, 0.2) is 12.1 Å². The molecule has 1 aromatic rings. The summed E-state index contributed by atoms with van der Waals surface area (Å²) in [6.07, 6.45) is -0.991. The lowest BCUT2D eigenvalue weighted by atomic mass is 10.2.